The van der Waals surface area contributed by atoms with Crippen LogP contribution in [0.4, 0.5) is 19.0 Å². The second-order valence-electron chi connectivity index (χ2n) is 2.69. The number of hydrogen-bond donors (Lipinski definition) is 0. The van der Waals surface area contributed by atoms with Crippen molar-refractivity contribution >= 4 is 5.82 Å². The molecule has 1 rings (SSSR count). The first-order valence-electron chi connectivity index (χ1n) is 3.48. The van der Waals surface area contributed by atoms with Crippen LogP contribution in [0.15, 0.2) is 12.3 Å². The van der Waals surface area contributed by atoms with Gasteiger partial charge in [0.2, 0.25) is 0 Å². The van der Waals surface area contributed by atoms with Crippen LogP contribution in [0.1, 0.15) is 5.56 Å². The third kappa shape index (κ3) is 2.30. The van der Waals surface area contributed by atoms with Gasteiger partial charge in [0.05, 0.1) is 11.8 Å². The molecule has 0 radical (unpaired) electrons. The van der Waals surface area contributed by atoms with E-state index in [1.807, 2.05) is 0 Å². The van der Waals surface area contributed by atoms with E-state index in [9.17, 15) is 13.2 Å². The van der Waals surface area contributed by atoms with Gasteiger partial charge in [0, 0.05) is 14.1 Å². The van der Waals surface area contributed by atoms with E-state index in [4.69, 9.17) is 0 Å². The molecule has 0 unspecified atom stereocenters. The van der Waals surface area contributed by atoms with E-state index in [0.717, 1.165) is 6.07 Å². The molecule has 0 atom stereocenters. The standard InChI is InChI=1S/C7H8F3N3/c1-13(2)6-3-5(4-11-12-6)7(8,9)10/h3-4H,1-2H3. The molecule has 0 amide bonds. The second kappa shape index (κ2) is 3.20. The predicted molar refractivity (Wildman–Crippen MR) is 41.4 cm³/mol. The van der Waals surface area contributed by atoms with Gasteiger partial charge < -0.3 is 4.90 Å². The first-order valence-corrected chi connectivity index (χ1v) is 3.48. The largest absolute Gasteiger partial charge is 0.418 e. The molecule has 1 heterocycles. The van der Waals surface area contributed by atoms with Crippen LogP contribution in [0, 0.1) is 0 Å². The molecule has 6 heteroatoms. The second-order valence-corrected chi connectivity index (χ2v) is 2.69. The van der Waals surface area contributed by atoms with Crippen molar-refractivity contribution in [3.63, 3.8) is 0 Å². The number of nitrogens with zero attached hydrogens (tertiary/aromatic N) is 3. The van der Waals surface area contributed by atoms with Gasteiger partial charge in [0.15, 0.2) is 5.82 Å². The summed E-state index contributed by atoms with van der Waals surface area (Å²) in [5.41, 5.74) is -0.786. The van der Waals surface area contributed by atoms with Crippen LogP contribution in [0.3, 0.4) is 0 Å². The molecule has 0 aliphatic carbocycles. The van der Waals surface area contributed by atoms with Gasteiger partial charge in [-0.1, -0.05) is 0 Å². The number of alkyl halides is 3. The molecule has 1 aromatic rings. The van der Waals surface area contributed by atoms with Crippen LogP contribution < -0.4 is 4.90 Å². The van der Waals surface area contributed by atoms with Gasteiger partial charge in [-0.3, -0.25) is 0 Å². The highest BCUT2D eigenvalue weighted by molar-refractivity contribution is 5.38. The van der Waals surface area contributed by atoms with Crippen molar-refractivity contribution in [3.05, 3.63) is 17.8 Å². The molecule has 0 saturated carbocycles. The third-order valence-corrected chi connectivity index (χ3v) is 1.43. The molecule has 1 aromatic heterocycles. The minimum Gasteiger partial charge on any atom is -0.361 e. The van der Waals surface area contributed by atoms with Crippen LogP contribution in [0.2, 0.25) is 0 Å². The zero-order chi connectivity index (χ0) is 10.1. The fourth-order valence-corrected chi connectivity index (χ4v) is 0.729. The maximum Gasteiger partial charge on any atom is 0.418 e. The van der Waals surface area contributed by atoms with E-state index in [1.54, 1.807) is 14.1 Å². The Morgan fingerprint density at radius 3 is 2.38 bits per heavy atom. The summed E-state index contributed by atoms with van der Waals surface area (Å²) in [6.45, 7) is 0. The van der Waals surface area contributed by atoms with Gasteiger partial charge in [0.1, 0.15) is 0 Å². The summed E-state index contributed by atoms with van der Waals surface area (Å²) >= 11 is 0. The van der Waals surface area contributed by atoms with E-state index >= 15 is 0 Å². The Morgan fingerprint density at radius 2 is 1.92 bits per heavy atom. The van der Waals surface area contributed by atoms with Crippen molar-refractivity contribution in [2.45, 2.75) is 6.18 Å². The molecule has 0 bridgehead atoms. The summed E-state index contributed by atoms with van der Waals surface area (Å²) in [6.07, 6.45) is -3.66. The SMILES string of the molecule is CN(C)c1cc(C(F)(F)F)cnn1. The van der Waals surface area contributed by atoms with Gasteiger partial charge in [-0.05, 0) is 6.07 Å². The van der Waals surface area contributed by atoms with Crippen molar-refractivity contribution in [1.82, 2.24) is 10.2 Å². The molecule has 72 valence electrons. The first kappa shape index (κ1) is 9.76. The molecule has 0 fully saturated rings. The predicted octanol–water partition coefficient (Wildman–Crippen LogP) is 1.56. The van der Waals surface area contributed by atoms with Crippen molar-refractivity contribution in [2.75, 3.05) is 19.0 Å². The average Bonchev–Trinajstić information content (AvgIpc) is 2.03. The maximum atomic E-state index is 12.1. The fraction of sp³-hybridized carbons (Fsp3) is 0.429. The van der Waals surface area contributed by atoms with E-state index in [1.165, 1.54) is 4.90 Å². The van der Waals surface area contributed by atoms with Gasteiger partial charge in [0.25, 0.3) is 0 Å². The van der Waals surface area contributed by atoms with E-state index < -0.39 is 11.7 Å². The van der Waals surface area contributed by atoms with Gasteiger partial charge in [-0.25, -0.2) is 0 Å². The Labute approximate surface area is 73.2 Å². The molecule has 0 N–H and O–H groups in total. The normalized spacial score (nSPS) is 11.5. The number of hydrogen-bond acceptors (Lipinski definition) is 3. The lowest BCUT2D eigenvalue weighted by Crippen LogP contribution is -2.14. The Morgan fingerprint density at radius 1 is 1.31 bits per heavy atom. The highest BCUT2D eigenvalue weighted by atomic mass is 19.4. The monoisotopic (exact) mass is 191 g/mol. The lowest BCUT2D eigenvalue weighted by molar-refractivity contribution is -0.137. The zero-order valence-corrected chi connectivity index (χ0v) is 7.13. The summed E-state index contributed by atoms with van der Waals surface area (Å²) in [5, 5.41) is 6.79. The minimum atomic E-state index is -4.36. The smallest absolute Gasteiger partial charge is 0.361 e. The van der Waals surface area contributed by atoms with Crippen LogP contribution in [-0.4, -0.2) is 24.3 Å². The minimum absolute atomic E-state index is 0.190. The number of anilines is 1. The molecule has 0 spiro atoms. The lowest BCUT2D eigenvalue weighted by Gasteiger charge is -2.12. The molecule has 0 aliphatic heterocycles. The molecule has 13 heavy (non-hydrogen) atoms. The Bertz CT molecular complexity index is 295. The zero-order valence-electron chi connectivity index (χ0n) is 7.13. The van der Waals surface area contributed by atoms with Crippen molar-refractivity contribution in [3.8, 4) is 0 Å². The Hall–Kier alpha value is -1.33. The highest BCUT2D eigenvalue weighted by Gasteiger charge is 2.31. The molecule has 0 saturated heterocycles. The Kier molecular flexibility index (Phi) is 2.40. The van der Waals surface area contributed by atoms with E-state index in [0.29, 0.717) is 6.20 Å². The van der Waals surface area contributed by atoms with Crippen molar-refractivity contribution in [2.24, 2.45) is 0 Å². The van der Waals surface area contributed by atoms with Crippen molar-refractivity contribution in [1.29, 1.82) is 0 Å². The summed E-state index contributed by atoms with van der Waals surface area (Å²) in [6, 6.07) is 0.951. The average molecular weight is 191 g/mol. The van der Waals surface area contributed by atoms with Crippen LogP contribution >= 0.6 is 0 Å². The number of rotatable bonds is 1. The van der Waals surface area contributed by atoms with Gasteiger partial charge in [-0.2, -0.15) is 18.3 Å². The lowest BCUT2D eigenvalue weighted by atomic mass is 10.3. The van der Waals surface area contributed by atoms with Crippen LogP contribution in [0.5, 0.6) is 0 Å². The van der Waals surface area contributed by atoms with Gasteiger partial charge in [-0.15, -0.1) is 5.10 Å². The summed E-state index contributed by atoms with van der Waals surface area (Å²) in [5.74, 6) is 0.190. The van der Waals surface area contributed by atoms with Crippen LogP contribution in [-0.2, 0) is 6.18 Å². The maximum absolute atomic E-state index is 12.1. The van der Waals surface area contributed by atoms with Gasteiger partial charge >= 0.3 is 6.18 Å². The molecule has 3 nitrogen and oxygen atoms in total. The quantitative estimate of drug-likeness (QED) is 0.674. The topological polar surface area (TPSA) is 29.0 Å². The van der Waals surface area contributed by atoms with E-state index in [-0.39, 0.29) is 5.82 Å². The first-order chi connectivity index (χ1) is 5.91. The molecular weight excluding hydrogens is 183 g/mol. The molecule has 0 aromatic carbocycles. The number of aromatic nitrogens is 2. The van der Waals surface area contributed by atoms with Crippen LogP contribution in [0.25, 0.3) is 0 Å². The molecular formula is C7H8F3N3. The summed E-state index contributed by atoms with van der Waals surface area (Å²) in [4.78, 5) is 1.46. The van der Waals surface area contributed by atoms with E-state index in [2.05, 4.69) is 10.2 Å². The molecule has 0 aliphatic rings. The summed E-state index contributed by atoms with van der Waals surface area (Å²) < 4.78 is 36.4. The third-order valence-electron chi connectivity index (χ3n) is 1.43. The van der Waals surface area contributed by atoms with Crippen molar-refractivity contribution < 1.29 is 13.2 Å². The fourth-order valence-electron chi connectivity index (χ4n) is 0.729. The number of halogens is 3. The highest BCUT2D eigenvalue weighted by Crippen LogP contribution is 2.29. The Balaban J connectivity index is 3.06. The summed E-state index contributed by atoms with van der Waals surface area (Å²) in [7, 11) is 3.20.